The molecular weight excluding hydrogens is 266 g/mol. The Labute approximate surface area is 126 Å². The van der Waals surface area contributed by atoms with E-state index in [4.69, 9.17) is 5.73 Å². The second-order valence-electron chi connectivity index (χ2n) is 5.12. The molecule has 0 radical (unpaired) electrons. The maximum absolute atomic E-state index is 12.4. The summed E-state index contributed by atoms with van der Waals surface area (Å²) in [6.45, 7) is 6.07. The predicted molar refractivity (Wildman–Crippen MR) is 86.1 cm³/mol. The topological polar surface area (TPSA) is 84.2 Å². The van der Waals surface area contributed by atoms with Crippen molar-refractivity contribution in [2.45, 2.75) is 40.0 Å². The van der Waals surface area contributed by atoms with Gasteiger partial charge in [0.1, 0.15) is 0 Å². The highest BCUT2D eigenvalue weighted by Gasteiger charge is 2.33. The Kier molecular flexibility index (Phi) is 6.37. The van der Waals surface area contributed by atoms with E-state index >= 15 is 0 Å². The first kappa shape index (κ1) is 17.2. The van der Waals surface area contributed by atoms with Crippen LogP contribution in [0.15, 0.2) is 24.3 Å². The van der Waals surface area contributed by atoms with Crippen LogP contribution in [0.1, 0.15) is 40.0 Å². The summed E-state index contributed by atoms with van der Waals surface area (Å²) < 4.78 is 0. The number of hydrogen-bond donors (Lipinski definition) is 3. The molecule has 4 N–H and O–H groups in total. The van der Waals surface area contributed by atoms with E-state index in [1.807, 2.05) is 13.8 Å². The first-order chi connectivity index (χ1) is 10.0. The van der Waals surface area contributed by atoms with E-state index in [0.717, 1.165) is 5.69 Å². The third kappa shape index (κ3) is 4.29. The van der Waals surface area contributed by atoms with E-state index in [9.17, 15) is 9.59 Å². The van der Waals surface area contributed by atoms with Crippen LogP contribution in [0.2, 0.25) is 0 Å². The lowest BCUT2D eigenvalue weighted by Gasteiger charge is -2.28. The van der Waals surface area contributed by atoms with Crippen LogP contribution in [0, 0.1) is 5.41 Å². The summed E-state index contributed by atoms with van der Waals surface area (Å²) in [5.41, 5.74) is 6.67. The largest absolute Gasteiger partial charge is 0.329 e. The van der Waals surface area contributed by atoms with Crippen molar-refractivity contribution in [3.05, 3.63) is 24.3 Å². The number of nitrogens with one attached hydrogen (secondary N) is 2. The highest BCUT2D eigenvalue weighted by Crippen LogP contribution is 2.27. The van der Waals surface area contributed by atoms with Gasteiger partial charge >= 0.3 is 0 Å². The third-order valence-corrected chi connectivity index (χ3v) is 3.97. The van der Waals surface area contributed by atoms with Gasteiger partial charge in [-0.1, -0.05) is 20.8 Å². The Bertz CT molecular complexity index is 471. The molecule has 5 heteroatoms. The third-order valence-electron chi connectivity index (χ3n) is 3.97. The molecule has 21 heavy (non-hydrogen) atoms. The van der Waals surface area contributed by atoms with Crippen molar-refractivity contribution in [3.8, 4) is 0 Å². The zero-order valence-corrected chi connectivity index (χ0v) is 13.0. The first-order valence-electron chi connectivity index (χ1n) is 7.42. The molecule has 0 aliphatic rings. The molecule has 0 saturated heterocycles. The van der Waals surface area contributed by atoms with Crippen LogP contribution in [0.5, 0.6) is 0 Å². The highest BCUT2D eigenvalue weighted by molar-refractivity contribution is 5.96. The SMILES string of the molecule is CCC(=O)Nc1ccc(NC(=O)C(CC)(CC)CN)cc1. The molecular formula is C16H25N3O2. The monoisotopic (exact) mass is 291 g/mol. The van der Waals surface area contributed by atoms with Crippen molar-refractivity contribution in [1.82, 2.24) is 0 Å². The van der Waals surface area contributed by atoms with Crippen molar-refractivity contribution in [2.75, 3.05) is 17.2 Å². The van der Waals surface area contributed by atoms with E-state index in [2.05, 4.69) is 10.6 Å². The standard InChI is InChI=1S/C16H25N3O2/c1-4-14(20)18-12-7-9-13(10-8-12)19-15(21)16(5-2,6-3)11-17/h7-10H,4-6,11,17H2,1-3H3,(H,18,20)(H,19,21). The molecule has 1 rings (SSSR count). The Morgan fingerprint density at radius 2 is 1.48 bits per heavy atom. The molecule has 0 fully saturated rings. The number of anilines is 2. The van der Waals surface area contributed by atoms with Gasteiger partial charge in [-0.25, -0.2) is 0 Å². The molecule has 0 aromatic heterocycles. The van der Waals surface area contributed by atoms with Gasteiger partial charge in [-0.05, 0) is 37.1 Å². The van der Waals surface area contributed by atoms with Gasteiger partial charge in [-0.15, -0.1) is 0 Å². The number of amides is 2. The van der Waals surface area contributed by atoms with Crippen LogP contribution in [-0.2, 0) is 9.59 Å². The average Bonchev–Trinajstić information content (AvgIpc) is 2.51. The number of carbonyl (C=O) groups is 2. The molecule has 0 unspecified atom stereocenters. The number of carbonyl (C=O) groups excluding carboxylic acids is 2. The lowest BCUT2D eigenvalue weighted by atomic mass is 9.81. The van der Waals surface area contributed by atoms with Crippen molar-refractivity contribution in [2.24, 2.45) is 11.1 Å². The Morgan fingerprint density at radius 3 is 1.86 bits per heavy atom. The van der Waals surface area contributed by atoms with Crippen molar-refractivity contribution in [3.63, 3.8) is 0 Å². The Morgan fingerprint density at radius 1 is 1.00 bits per heavy atom. The second-order valence-corrected chi connectivity index (χ2v) is 5.12. The molecule has 1 aromatic rings. The minimum absolute atomic E-state index is 0.0362. The smallest absolute Gasteiger partial charge is 0.231 e. The molecule has 0 aliphatic carbocycles. The van der Waals surface area contributed by atoms with E-state index in [-0.39, 0.29) is 11.8 Å². The van der Waals surface area contributed by atoms with Crippen LogP contribution in [-0.4, -0.2) is 18.4 Å². The van der Waals surface area contributed by atoms with Gasteiger partial charge in [0.05, 0.1) is 5.41 Å². The van der Waals surface area contributed by atoms with Crippen molar-refractivity contribution >= 4 is 23.2 Å². The lowest BCUT2D eigenvalue weighted by Crippen LogP contribution is -2.41. The molecule has 0 atom stereocenters. The summed E-state index contributed by atoms with van der Waals surface area (Å²) in [5, 5.41) is 5.66. The molecule has 0 saturated carbocycles. The van der Waals surface area contributed by atoms with Crippen molar-refractivity contribution < 1.29 is 9.59 Å². The minimum Gasteiger partial charge on any atom is -0.329 e. The van der Waals surface area contributed by atoms with Crippen molar-refractivity contribution in [1.29, 1.82) is 0 Å². The van der Waals surface area contributed by atoms with Crippen LogP contribution < -0.4 is 16.4 Å². The average molecular weight is 291 g/mol. The van der Waals surface area contributed by atoms with Gasteiger partial charge in [0.25, 0.3) is 0 Å². The van der Waals surface area contributed by atoms with Crippen LogP contribution in [0.3, 0.4) is 0 Å². The maximum atomic E-state index is 12.4. The lowest BCUT2D eigenvalue weighted by molar-refractivity contribution is -0.125. The summed E-state index contributed by atoms with van der Waals surface area (Å²) in [6.07, 6.45) is 1.84. The fourth-order valence-electron chi connectivity index (χ4n) is 2.10. The van der Waals surface area contributed by atoms with Gasteiger partial charge in [0, 0.05) is 24.3 Å². The summed E-state index contributed by atoms with van der Waals surface area (Å²) in [5.74, 6) is -0.0914. The highest BCUT2D eigenvalue weighted by atomic mass is 16.2. The van der Waals surface area contributed by atoms with Crippen LogP contribution >= 0.6 is 0 Å². The fourth-order valence-corrected chi connectivity index (χ4v) is 2.10. The van der Waals surface area contributed by atoms with Crippen LogP contribution in [0.4, 0.5) is 11.4 Å². The predicted octanol–water partition coefficient (Wildman–Crippen LogP) is 2.74. The number of nitrogens with two attached hydrogens (primary N) is 1. The number of benzene rings is 1. The van der Waals surface area contributed by atoms with Gasteiger partial charge in [-0.2, -0.15) is 0 Å². The normalized spacial score (nSPS) is 11.0. The maximum Gasteiger partial charge on any atom is 0.231 e. The Hall–Kier alpha value is -1.88. The van der Waals surface area contributed by atoms with E-state index in [1.54, 1.807) is 31.2 Å². The molecule has 1 aromatic carbocycles. The van der Waals surface area contributed by atoms with Crippen LogP contribution in [0.25, 0.3) is 0 Å². The molecule has 2 amide bonds. The molecule has 5 nitrogen and oxygen atoms in total. The molecule has 0 aliphatic heterocycles. The molecule has 116 valence electrons. The van der Waals surface area contributed by atoms with Gasteiger partial charge in [-0.3, -0.25) is 9.59 Å². The summed E-state index contributed by atoms with van der Waals surface area (Å²) >= 11 is 0. The summed E-state index contributed by atoms with van der Waals surface area (Å²) in [7, 11) is 0. The molecule has 0 bridgehead atoms. The fraction of sp³-hybridized carbons (Fsp3) is 0.500. The van der Waals surface area contributed by atoms with Gasteiger partial charge < -0.3 is 16.4 Å². The zero-order chi connectivity index (χ0) is 15.9. The molecule has 0 heterocycles. The molecule has 0 spiro atoms. The quantitative estimate of drug-likeness (QED) is 0.722. The Balaban J connectivity index is 2.75. The van der Waals surface area contributed by atoms with E-state index < -0.39 is 5.41 Å². The van der Waals surface area contributed by atoms with Gasteiger partial charge in [0.2, 0.25) is 11.8 Å². The first-order valence-corrected chi connectivity index (χ1v) is 7.42. The van der Waals surface area contributed by atoms with E-state index in [0.29, 0.717) is 31.5 Å². The number of rotatable bonds is 7. The summed E-state index contributed by atoms with van der Waals surface area (Å²) in [6, 6.07) is 7.09. The summed E-state index contributed by atoms with van der Waals surface area (Å²) in [4.78, 5) is 23.7. The minimum atomic E-state index is -0.519. The number of hydrogen-bond acceptors (Lipinski definition) is 3. The van der Waals surface area contributed by atoms with E-state index in [1.165, 1.54) is 0 Å². The van der Waals surface area contributed by atoms with Gasteiger partial charge in [0.15, 0.2) is 0 Å². The zero-order valence-electron chi connectivity index (χ0n) is 13.0. The second kappa shape index (κ2) is 7.78.